The average Bonchev–Trinajstić information content (AvgIpc) is 2.58. The monoisotopic (exact) mass is 350 g/mol. The van der Waals surface area contributed by atoms with Crippen molar-refractivity contribution in [2.45, 2.75) is 45.4 Å². The highest BCUT2D eigenvalue weighted by atomic mass is 19.4. The smallest absolute Gasteiger partial charge is 0.369 e. The van der Waals surface area contributed by atoms with Crippen LogP contribution in [0, 0.1) is 0 Å². The van der Waals surface area contributed by atoms with E-state index in [0.29, 0.717) is 18.4 Å². The van der Waals surface area contributed by atoms with Gasteiger partial charge in [-0.15, -0.1) is 13.2 Å². The van der Waals surface area contributed by atoms with Gasteiger partial charge in [0.1, 0.15) is 0 Å². The van der Waals surface area contributed by atoms with E-state index in [4.69, 9.17) is 0 Å². The minimum absolute atomic E-state index is 0.00256. The number of carbonyl (C=O) groups is 1. The summed E-state index contributed by atoms with van der Waals surface area (Å²) in [7, 11) is 0. The van der Waals surface area contributed by atoms with Crippen LogP contribution in [0.3, 0.4) is 0 Å². The minimum Gasteiger partial charge on any atom is -0.369 e. The van der Waals surface area contributed by atoms with Gasteiger partial charge in [0.25, 0.3) is 0 Å². The molecule has 134 valence electrons. The molecular weight excluding hydrogens is 329 g/mol. The second-order valence-corrected chi connectivity index (χ2v) is 6.01. The first-order valence-corrected chi connectivity index (χ1v) is 8.27. The van der Waals surface area contributed by atoms with Crippen molar-refractivity contribution in [1.29, 1.82) is 0 Å². The number of ether oxygens (including phenoxy) is 1. The highest BCUT2D eigenvalue weighted by Gasteiger charge is 2.35. The van der Waals surface area contributed by atoms with Crippen molar-refractivity contribution in [2.24, 2.45) is 0 Å². The zero-order valence-electron chi connectivity index (χ0n) is 14.3. The van der Waals surface area contributed by atoms with Gasteiger partial charge in [0.15, 0.2) is 0 Å². The van der Waals surface area contributed by atoms with Crippen LogP contribution in [0.5, 0.6) is 0 Å². The number of aryl methyl sites for hydroxylation is 2. The van der Waals surface area contributed by atoms with Gasteiger partial charge in [-0.25, -0.2) is 4.79 Å². The molecule has 0 fully saturated rings. The number of alkyl halides is 3. The summed E-state index contributed by atoms with van der Waals surface area (Å²) >= 11 is 0. The Balaban J connectivity index is 2.32. The molecule has 0 radical (unpaired) electrons. The number of benzene rings is 2. The van der Waals surface area contributed by atoms with Gasteiger partial charge >= 0.3 is 12.3 Å². The molecule has 5 heteroatoms. The first-order chi connectivity index (χ1) is 11.8. The normalized spacial score (nSPS) is 12.7. The van der Waals surface area contributed by atoms with Gasteiger partial charge in [0, 0.05) is 0 Å². The molecule has 0 aliphatic heterocycles. The van der Waals surface area contributed by atoms with Crippen LogP contribution in [0.25, 0.3) is 0 Å². The fourth-order valence-corrected chi connectivity index (χ4v) is 2.88. The SMILES string of the molecule is CCC(C)c1c(CCc2ccccc2)cccc1C(=O)OC(F)(F)F. The highest BCUT2D eigenvalue weighted by molar-refractivity contribution is 5.92. The van der Waals surface area contributed by atoms with Crippen molar-refractivity contribution >= 4 is 5.97 Å². The number of hydrogen-bond donors (Lipinski definition) is 0. The Labute approximate surface area is 145 Å². The molecule has 0 amide bonds. The Kier molecular flexibility index (Phi) is 6.23. The maximum absolute atomic E-state index is 12.4. The van der Waals surface area contributed by atoms with Crippen LogP contribution in [-0.2, 0) is 17.6 Å². The van der Waals surface area contributed by atoms with E-state index in [9.17, 15) is 18.0 Å². The van der Waals surface area contributed by atoms with Crippen LogP contribution in [0.4, 0.5) is 13.2 Å². The van der Waals surface area contributed by atoms with Gasteiger partial charge < -0.3 is 4.74 Å². The van der Waals surface area contributed by atoms with Gasteiger partial charge in [-0.05, 0) is 47.9 Å². The summed E-state index contributed by atoms with van der Waals surface area (Å²) in [4.78, 5) is 12.0. The Hall–Kier alpha value is -2.30. The second-order valence-electron chi connectivity index (χ2n) is 6.01. The van der Waals surface area contributed by atoms with Crippen LogP contribution in [-0.4, -0.2) is 12.3 Å². The van der Waals surface area contributed by atoms with Crippen molar-refractivity contribution < 1.29 is 22.7 Å². The van der Waals surface area contributed by atoms with E-state index in [-0.39, 0.29) is 11.5 Å². The highest BCUT2D eigenvalue weighted by Crippen LogP contribution is 2.30. The molecular formula is C20H21F3O2. The van der Waals surface area contributed by atoms with E-state index in [2.05, 4.69) is 4.74 Å². The molecule has 1 unspecified atom stereocenters. The molecule has 0 bridgehead atoms. The lowest BCUT2D eigenvalue weighted by atomic mass is 9.87. The number of carbonyl (C=O) groups excluding carboxylic acids is 1. The summed E-state index contributed by atoms with van der Waals surface area (Å²) in [6, 6.07) is 14.7. The van der Waals surface area contributed by atoms with E-state index in [1.54, 1.807) is 6.07 Å². The van der Waals surface area contributed by atoms with E-state index in [0.717, 1.165) is 17.5 Å². The Bertz CT molecular complexity index is 709. The molecule has 0 aromatic heterocycles. The predicted molar refractivity (Wildman–Crippen MR) is 90.5 cm³/mol. The Morgan fingerprint density at radius 2 is 1.72 bits per heavy atom. The molecule has 25 heavy (non-hydrogen) atoms. The molecule has 0 saturated heterocycles. The predicted octanol–water partition coefficient (Wildman–Crippen LogP) is 5.66. The van der Waals surface area contributed by atoms with Gasteiger partial charge in [0.2, 0.25) is 0 Å². The van der Waals surface area contributed by atoms with E-state index in [1.807, 2.05) is 50.2 Å². The maximum atomic E-state index is 12.4. The third-order valence-corrected chi connectivity index (χ3v) is 4.26. The molecule has 2 nitrogen and oxygen atoms in total. The van der Waals surface area contributed by atoms with Crippen LogP contribution < -0.4 is 0 Å². The van der Waals surface area contributed by atoms with Crippen molar-refractivity contribution in [3.8, 4) is 0 Å². The van der Waals surface area contributed by atoms with Crippen molar-refractivity contribution in [2.75, 3.05) is 0 Å². The lowest BCUT2D eigenvalue weighted by Crippen LogP contribution is -2.21. The number of halogens is 3. The van der Waals surface area contributed by atoms with Crippen LogP contribution in [0.1, 0.15) is 53.2 Å². The zero-order chi connectivity index (χ0) is 18.4. The molecule has 1 atom stereocenters. The number of rotatable bonds is 6. The molecule has 2 aromatic rings. The Morgan fingerprint density at radius 3 is 2.32 bits per heavy atom. The summed E-state index contributed by atoms with van der Waals surface area (Å²) in [5.41, 5.74) is 2.67. The molecule has 0 aliphatic rings. The molecule has 0 heterocycles. The van der Waals surface area contributed by atoms with E-state index < -0.39 is 12.3 Å². The molecule has 0 saturated carbocycles. The molecule has 2 aromatic carbocycles. The third-order valence-electron chi connectivity index (χ3n) is 4.26. The van der Waals surface area contributed by atoms with Crippen LogP contribution in [0.15, 0.2) is 48.5 Å². The van der Waals surface area contributed by atoms with Crippen molar-refractivity contribution in [1.82, 2.24) is 0 Å². The van der Waals surface area contributed by atoms with E-state index in [1.165, 1.54) is 6.07 Å². The van der Waals surface area contributed by atoms with Gasteiger partial charge in [0.05, 0.1) is 5.56 Å². The van der Waals surface area contributed by atoms with Crippen LogP contribution in [0.2, 0.25) is 0 Å². The third kappa shape index (κ3) is 5.34. The molecule has 0 spiro atoms. The van der Waals surface area contributed by atoms with Crippen LogP contribution >= 0.6 is 0 Å². The van der Waals surface area contributed by atoms with Crippen molar-refractivity contribution in [3.05, 3.63) is 70.8 Å². The second kappa shape index (κ2) is 8.19. The first-order valence-electron chi connectivity index (χ1n) is 8.27. The fourth-order valence-electron chi connectivity index (χ4n) is 2.88. The fraction of sp³-hybridized carbons (Fsp3) is 0.350. The standard InChI is InChI=1S/C20H21F3O2/c1-3-14(2)18-16(13-12-15-8-5-4-6-9-15)10-7-11-17(18)19(24)25-20(21,22)23/h4-11,14H,3,12-13H2,1-2H3. The van der Waals surface area contributed by atoms with Gasteiger partial charge in [-0.3, -0.25) is 0 Å². The summed E-state index contributed by atoms with van der Waals surface area (Å²) in [5, 5.41) is 0. The topological polar surface area (TPSA) is 26.3 Å². The molecule has 0 N–H and O–H groups in total. The summed E-state index contributed by atoms with van der Waals surface area (Å²) in [6.45, 7) is 3.85. The lowest BCUT2D eigenvalue weighted by molar-refractivity contribution is -0.291. The average molecular weight is 350 g/mol. The first kappa shape index (κ1) is 19.0. The summed E-state index contributed by atoms with van der Waals surface area (Å²) < 4.78 is 40.9. The molecule has 0 aliphatic carbocycles. The van der Waals surface area contributed by atoms with Crippen molar-refractivity contribution in [3.63, 3.8) is 0 Å². The molecule has 2 rings (SSSR count). The quantitative estimate of drug-likeness (QED) is 0.628. The minimum atomic E-state index is -4.98. The van der Waals surface area contributed by atoms with Gasteiger partial charge in [-0.1, -0.05) is 56.3 Å². The Morgan fingerprint density at radius 1 is 1.04 bits per heavy atom. The number of hydrogen-bond acceptors (Lipinski definition) is 2. The largest absolute Gasteiger partial charge is 0.575 e. The maximum Gasteiger partial charge on any atom is 0.575 e. The summed E-state index contributed by atoms with van der Waals surface area (Å²) in [6.07, 6.45) is -2.86. The number of esters is 1. The van der Waals surface area contributed by atoms with E-state index >= 15 is 0 Å². The lowest BCUT2D eigenvalue weighted by Gasteiger charge is -2.19. The van der Waals surface area contributed by atoms with Gasteiger partial charge in [-0.2, -0.15) is 0 Å². The zero-order valence-corrected chi connectivity index (χ0v) is 14.3. The summed E-state index contributed by atoms with van der Waals surface area (Å²) in [5.74, 6) is -1.38.